The zero-order valence-corrected chi connectivity index (χ0v) is 18.1. The molecule has 0 aromatic carbocycles. The molecular formula is C25H32N6. The largest absolute Gasteiger partial charge is 0.356 e. The molecule has 6 nitrogen and oxygen atoms in total. The highest BCUT2D eigenvalue weighted by Gasteiger charge is 2.31. The summed E-state index contributed by atoms with van der Waals surface area (Å²) in [5.41, 5.74) is 15.4. The van der Waals surface area contributed by atoms with Crippen LogP contribution < -0.4 is 16.4 Å². The maximum atomic E-state index is 6.78. The second-order valence-electron chi connectivity index (χ2n) is 9.24. The van der Waals surface area contributed by atoms with Crippen LogP contribution in [0, 0.1) is 5.92 Å². The smallest absolute Gasteiger partial charge is 0.137 e. The summed E-state index contributed by atoms with van der Waals surface area (Å²) in [6.45, 7) is 2.75. The standard InChI is InChI=1S/C25H32N6/c26-16-18-6-12-31(13-7-18)24-21-5-10-28-17-20(21)14-22(30-24)19-4-11-29-23(15-19)25(27)8-2-1-3-9-25/h4-5,10-11,14-15,17-18H,1-3,6-9,12-13,16,26-27H2. The van der Waals surface area contributed by atoms with E-state index in [-0.39, 0.29) is 5.54 Å². The normalized spacial score (nSPS) is 19.6. The van der Waals surface area contributed by atoms with Gasteiger partial charge in [0, 0.05) is 48.0 Å². The van der Waals surface area contributed by atoms with E-state index < -0.39 is 0 Å². The van der Waals surface area contributed by atoms with Gasteiger partial charge >= 0.3 is 0 Å². The van der Waals surface area contributed by atoms with Crippen molar-refractivity contribution in [2.45, 2.75) is 50.5 Å². The monoisotopic (exact) mass is 416 g/mol. The van der Waals surface area contributed by atoms with Crippen molar-refractivity contribution in [1.29, 1.82) is 0 Å². The van der Waals surface area contributed by atoms with Gasteiger partial charge in [-0.25, -0.2) is 4.98 Å². The topological polar surface area (TPSA) is 94.0 Å². The number of aromatic nitrogens is 3. The van der Waals surface area contributed by atoms with Crippen LogP contribution in [0.15, 0.2) is 42.9 Å². The fourth-order valence-corrected chi connectivity index (χ4v) is 5.15. The number of rotatable bonds is 4. The van der Waals surface area contributed by atoms with Crippen molar-refractivity contribution in [1.82, 2.24) is 15.0 Å². The highest BCUT2D eigenvalue weighted by Crippen LogP contribution is 2.36. The average Bonchev–Trinajstić information content (AvgIpc) is 2.84. The molecule has 0 unspecified atom stereocenters. The Labute approximate surface area is 184 Å². The minimum Gasteiger partial charge on any atom is -0.356 e. The van der Waals surface area contributed by atoms with Gasteiger partial charge in [-0.2, -0.15) is 0 Å². The fourth-order valence-electron chi connectivity index (χ4n) is 5.15. The predicted octanol–water partition coefficient (Wildman–Crippen LogP) is 3.99. The van der Waals surface area contributed by atoms with E-state index in [4.69, 9.17) is 16.5 Å². The number of nitrogens with zero attached hydrogens (tertiary/aromatic N) is 4. The van der Waals surface area contributed by atoms with E-state index in [9.17, 15) is 0 Å². The van der Waals surface area contributed by atoms with Gasteiger partial charge in [0.15, 0.2) is 0 Å². The van der Waals surface area contributed by atoms with Gasteiger partial charge in [0.25, 0.3) is 0 Å². The summed E-state index contributed by atoms with van der Waals surface area (Å²) in [7, 11) is 0. The van der Waals surface area contributed by atoms with Crippen LogP contribution in [-0.2, 0) is 5.54 Å². The molecule has 3 aromatic rings. The zero-order valence-electron chi connectivity index (χ0n) is 18.1. The van der Waals surface area contributed by atoms with E-state index >= 15 is 0 Å². The first kappa shape index (κ1) is 20.3. The molecule has 31 heavy (non-hydrogen) atoms. The molecule has 1 aliphatic carbocycles. The van der Waals surface area contributed by atoms with Crippen LogP contribution in [0.1, 0.15) is 50.6 Å². The van der Waals surface area contributed by atoms with Crippen LogP contribution in [0.2, 0.25) is 0 Å². The molecule has 162 valence electrons. The van der Waals surface area contributed by atoms with Crippen molar-refractivity contribution in [2.24, 2.45) is 17.4 Å². The number of anilines is 1. The molecular weight excluding hydrogens is 384 g/mol. The van der Waals surface area contributed by atoms with Gasteiger partial charge in [-0.1, -0.05) is 19.3 Å². The molecule has 1 saturated carbocycles. The van der Waals surface area contributed by atoms with Gasteiger partial charge in [0.1, 0.15) is 5.82 Å². The molecule has 2 aliphatic rings. The third kappa shape index (κ3) is 4.02. The first-order chi connectivity index (χ1) is 15.2. The number of pyridine rings is 3. The molecule has 0 bridgehead atoms. The average molecular weight is 417 g/mol. The summed E-state index contributed by atoms with van der Waals surface area (Å²) >= 11 is 0. The van der Waals surface area contributed by atoms with E-state index in [0.29, 0.717) is 5.92 Å². The summed E-state index contributed by atoms with van der Waals surface area (Å²) in [4.78, 5) is 16.6. The third-order valence-electron chi connectivity index (χ3n) is 7.17. The Hall–Kier alpha value is -2.57. The minimum absolute atomic E-state index is 0.320. The van der Waals surface area contributed by atoms with Crippen LogP contribution >= 0.6 is 0 Å². The van der Waals surface area contributed by atoms with Crippen LogP contribution in [0.3, 0.4) is 0 Å². The molecule has 6 heteroatoms. The predicted molar refractivity (Wildman–Crippen MR) is 126 cm³/mol. The summed E-state index contributed by atoms with van der Waals surface area (Å²) in [6.07, 6.45) is 13.5. The Kier molecular flexibility index (Phi) is 5.59. The first-order valence-corrected chi connectivity index (χ1v) is 11.6. The van der Waals surface area contributed by atoms with Crippen LogP contribution in [0.5, 0.6) is 0 Å². The molecule has 0 atom stereocenters. The Bertz CT molecular complexity index is 1050. The molecule has 4 heterocycles. The van der Waals surface area contributed by atoms with Crippen molar-refractivity contribution in [2.75, 3.05) is 24.5 Å². The van der Waals surface area contributed by atoms with Crippen molar-refractivity contribution >= 4 is 16.6 Å². The van der Waals surface area contributed by atoms with Gasteiger partial charge in [0.2, 0.25) is 0 Å². The molecule has 4 N–H and O–H groups in total. The van der Waals surface area contributed by atoms with E-state index in [1.165, 1.54) is 19.3 Å². The van der Waals surface area contributed by atoms with Gasteiger partial charge < -0.3 is 16.4 Å². The second-order valence-corrected chi connectivity index (χ2v) is 9.24. The van der Waals surface area contributed by atoms with Crippen molar-refractivity contribution in [3.63, 3.8) is 0 Å². The third-order valence-corrected chi connectivity index (χ3v) is 7.17. The van der Waals surface area contributed by atoms with Crippen molar-refractivity contribution in [3.8, 4) is 11.3 Å². The van der Waals surface area contributed by atoms with Crippen LogP contribution in [0.4, 0.5) is 5.82 Å². The number of hydrogen-bond acceptors (Lipinski definition) is 6. The van der Waals surface area contributed by atoms with E-state index in [2.05, 4.69) is 33.1 Å². The summed E-state index contributed by atoms with van der Waals surface area (Å²) in [6, 6.07) is 8.41. The van der Waals surface area contributed by atoms with E-state index in [0.717, 1.165) is 78.9 Å². The van der Waals surface area contributed by atoms with E-state index in [1.54, 1.807) is 0 Å². The number of nitrogens with two attached hydrogens (primary N) is 2. The quantitative estimate of drug-likeness (QED) is 0.668. The molecule has 0 spiro atoms. The molecule has 0 amide bonds. The Morgan fingerprint density at radius 3 is 2.61 bits per heavy atom. The van der Waals surface area contributed by atoms with Crippen molar-refractivity contribution < 1.29 is 0 Å². The lowest BCUT2D eigenvalue weighted by atomic mass is 9.79. The van der Waals surface area contributed by atoms with E-state index in [1.807, 2.05) is 24.7 Å². The van der Waals surface area contributed by atoms with Gasteiger partial charge in [-0.15, -0.1) is 0 Å². The number of hydrogen-bond donors (Lipinski definition) is 2. The van der Waals surface area contributed by atoms with Gasteiger partial charge in [-0.3, -0.25) is 9.97 Å². The fraction of sp³-hybridized carbons (Fsp3) is 0.480. The van der Waals surface area contributed by atoms with Crippen LogP contribution in [0.25, 0.3) is 22.0 Å². The second kappa shape index (κ2) is 8.52. The summed E-state index contributed by atoms with van der Waals surface area (Å²) < 4.78 is 0. The molecule has 5 rings (SSSR count). The Morgan fingerprint density at radius 1 is 1.03 bits per heavy atom. The molecule has 2 fully saturated rings. The number of fused-ring (bicyclic) bond motifs is 1. The maximum absolute atomic E-state index is 6.78. The molecule has 1 aliphatic heterocycles. The van der Waals surface area contributed by atoms with Gasteiger partial charge in [-0.05, 0) is 62.4 Å². The SMILES string of the molecule is NCC1CCN(c2nc(-c3ccnc(C4(N)CCCCC4)c3)cc3cnccc23)CC1. The lowest BCUT2D eigenvalue weighted by molar-refractivity contribution is 0.295. The Morgan fingerprint density at radius 2 is 1.84 bits per heavy atom. The summed E-state index contributed by atoms with van der Waals surface area (Å²) in [5.74, 6) is 1.66. The zero-order chi connectivity index (χ0) is 21.3. The minimum atomic E-state index is -0.320. The van der Waals surface area contributed by atoms with Crippen molar-refractivity contribution in [3.05, 3.63) is 48.5 Å². The molecule has 1 saturated heterocycles. The Balaban J connectivity index is 1.54. The lowest BCUT2D eigenvalue weighted by Gasteiger charge is -2.33. The first-order valence-electron chi connectivity index (χ1n) is 11.6. The molecule has 3 aromatic heterocycles. The summed E-state index contributed by atoms with van der Waals surface area (Å²) in [5, 5.41) is 2.27. The van der Waals surface area contributed by atoms with Crippen LogP contribution in [-0.4, -0.2) is 34.6 Å². The highest BCUT2D eigenvalue weighted by atomic mass is 15.2. The maximum Gasteiger partial charge on any atom is 0.137 e. The molecule has 0 radical (unpaired) electrons. The number of piperidine rings is 1. The van der Waals surface area contributed by atoms with Gasteiger partial charge in [0.05, 0.1) is 16.9 Å². The lowest BCUT2D eigenvalue weighted by Crippen LogP contribution is -2.39. The highest BCUT2D eigenvalue weighted by molar-refractivity contribution is 5.94.